The van der Waals surface area contributed by atoms with Crippen molar-refractivity contribution in [1.29, 1.82) is 5.26 Å². The summed E-state index contributed by atoms with van der Waals surface area (Å²) in [6, 6.07) is 9.99. The van der Waals surface area contributed by atoms with Crippen molar-refractivity contribution in [3.8, 4) is 6.07 Å². The van der Waals surface area contributed by atoms with E-state index in [0.717, 1.165) is 18.7 Å². The second-order valence-electron chi connectivity index (χ2n) is 3.77. The molecule has 1 aromatic rings. The van der Waals surface area contributed by atoms with Gasteiger partial charge in [-0.25, -0.2) is 16.8 Å². The third-order valence-electron chi connectivity index (χ3n) is 2.09. The minimum Gasteiger partial charge on any atom is -0.206 e. The molecule has 0 aliphatic rings. The first kappa shape index (κ1) is 15.2. The van der Waals surface area contributed by atoms with Gasteiger partial charge in [0.15, 0.2) is 0 Å². The van der Waals surface area contributed by atoms with Gasteiger partial charge < -0.3 is 0 Å². The van der Waals surface area contributed by atoms with Crippen LogP contribution >= 0.6 is 0 Å². The van der Waals surface area contributed by atoms with Crippen molar-refractivity contribution < 1.29 is 16.8 Å². The van der Waals surface area contributed by atoms with Gasteiger partial charge in [-0.1, -0.05) is 30.3 Å². The van der Waals surface area contributed by atoms with Gasteiger partial charge in [-0.15, -0.1) is 0 Å². The number of nitrogens with zero attached hydrogens (tertiary/aromatic N) is 2. The molecule has 0 aromatic heterocycles. The highest BCUT2D eigenvalue weighted by Crippen LogP contribution is 2.17. The van der Waals surface area contributed by atoms with Crippen LogP contribution in [-0.2, 0) is 20.0 Å². The number of nitriles is 1. The predicted octanol–water partition coefficient (Wildman–Crippen LogP) is 0.772. The number of rotatable bonds is 4. The second-order valence-corrected chi connectivity index (χ2v) is 7.72. The summed E-state index contributed by atoms with van der Waals surface area (Å²) < 4.78 is 46.0. The van der Waals surface area contributed by atoms with Crippen molar-refractivity contribution in [2.24, 2.45) is 0 Å². The molecule has 0 fully saturated rings. The van der Waals surface area contributed by atoms with E-state index in [4.69, 9.17) is 5.26 Å². The monoisotopic (exact) mass is 300 g/mol. The molecule has 0 bridgehead atoms. The molecule has 0 atom stereocenters. The SMILES string of the molecule is CS(=O)(=O)N(C=C(C#N)c1ccccc1)S(C)(=O)=O. The van der Waals surface area contributed by atoms with Crippen LogP contribution in [0.1, 0.15) is 5.56 Å². The van der Waals surface area contributed by atoms with Crippen LogP contribution < -0.4 is 0 Å². The van der Waals surface area contributed by atoms with E-state index in [1.165, 1.54) is 0 Å². The molecule has 1 aromatic carbocycles. The largest absolute Gasteiger partial charge is 0.244 e. The average Bonchev–Trinajstić information content (AvgIpc) is 2.28. The molecule has 6 nitrogen and oxygen atoms in total. The molecule has 0 N–H and O–H groups in total. The van der Waals surface area contributed by atoms with E-state index in [1.807, 2.05) is 0 Å². The van der Waals surface area contributed by atoms with Crippen molar-refractivity contribution in [2.45, 2.75) is 0 Å². The van der Waals surface area contributed by atoms with E-state index in [9.17, 15) is 16.8 Å². The zero-order valence-corrected chi connectivity index (χ0v) is 11.9. The average molecular weight is 300 g/mol. The predicted molar refractivity (Wildman–Crippen MR) is 71.6 cm³/mol. The molecule has 0 aliphatic carbocycles. The van der Waals surface area contributed by atoms with E-state index < -0.39 is 20.0 Å². The molecular formula is C11H12N2O4S2. The highest BCUT2D eigenvalue weighted by molar-refractivity contribution is 8.03. The molecule has 1 rings (SSSR count). The summed E-state index contributed by atoms with van der Waals surface area (Å²) in [7, 11) is -8.04. The first-order valence-corrected chi connectivity index (χ1v) is 8.73. The lowest BCUT2D eigenvalue weighted by Crippen LogP contribution is -2.30. The number of benzene rings is 1. The molecule has 102 valence electrons. The fourth-order valence-electron chi connectivity index (χ4n) is 1.33. The van der Waals surface area contributed by atoms with Crippen molar-refractivity contribution >= 4 is 25.6 Å². The third-order valence-corrected chi connectivity index (χ3v) is 5.24. The van der Waals surface area contributed by atoms with Crippen LogP contribution in [0.25, 0.3) is 5.57 Å². The Morgan fingerprint density at radius 2 is 1.58 bits per heavy atom. The summed E-state index contributed by atoms with van der Waals surface area (Å²) >= 11 is 0. The summed E-state index contributed by atoms with van der Waals surface area (Å²) in [6.07, 6.45) is 2.31. The maximum Gasteiger partial charge on any atom is 0.244 e. The molecular weight excluding hydrogens is 288 g/mol. The molecule has 0 saturated carbocycles. The molecule has 0 unspecified atom stereocenters. The smallest absolute Gasteiger partial charge is 0.206 e. The van der Waals surface area contributed by atoms with E-state index in [-0.39, 0.29) is 9.28 Å². The van der Waals surface area contributed by atoms with Crippen LogP contribution in [-0.4, -0.2) is 33.1 Å². The Morgan fingerprint density at radius 1 is 1.11 bits per heavy atom. The highest BCUT2D eigenvalue weighted by Gasteiger charge is 2.24. The van der Waals surface area contributed by atoms with Crippen molar-refractivity contribution in [3.63, 3.8) is 0 Å². The zero-order valence-electron chi connectivity index (χ0n) is 10.3. The Balaban J connectivity index is 3.43. The van der Waals surface area contributed by atoms with Crippen LogP contribution in [0.4, 0.5) is 0 Å². The van der Waals surface area contributed by atoms with E-state index in [2.05, 4.69) is 0 Å². The molecule has 0 heterocycles. The van der Waals surface area contributed by atoms with Gasteiger partial charge in [0.1, 0.15) is 6.07 Å². The summed E-state index contributed by atoms with van der Waals surface area (Å²) in [5.41, 5.74) is 0.374. The zero-order chi connectivity index (χ0) is 14.7. The first-order valence-electron chi connectivity index (χ1n) is 5.03. The summed E-state index contributed by atoms with van der Waals surface area (Å²) in [4.78, 5) is 0. The fraction of sp³-hybridized carbons (Fsp3) is 0.182. The molecule has 0 aliphatic heterocycles. The van der Waals surface area contributed by atoms with Crippen LogP contribution in [0, 0.1) is 11.3 Å². The van der Waals surface area contributed by atoms with E-state index in [1.54, 1.807) is 36.4 Å². The summed E-state index contributed by atoms with van der Waals surface area (Å²) in [6.45, 7) is 0. The van der Waals surface area contributed by atoms with Crippen molar-refractivity contribution in [2.75, 3.05) is 12.5 Å². The van der Waals surface area contributed by atoms with Gasteiger partial charge >= 0.3 is 0 Å². The molecule has 19 heavy (non-hydrogen) atoms. The molecule has 0 radical (unpaired) electrons. The minimum atomic E-state index is -4.02. The standard InChI is InChI=1S/C11H12N2O4S2/c1-18(14,15)13(19(2,16)17)9-11(8-12)10-6-4-3-5-7-10/h3-7,9H,1-2H3. The second kappa shape index (κ2) is 5.42. The molecule has 0 amide bonds. The number of hydrogen-bond acceptors (Lipinski definition) is 5. The van der Waals surface area contributed by atoms with Crippen LogP contribution in [0.2, 0.25) is 0 Å². The Labute approximate surface area is 112 Å². The minimum absolute atomic E-state index is 0.0588. The molecule has 0 spiro atoms. The van der Waals surface area contributed by atoms with Gasteiger partial charge in [0.2, 0.25) is 20.0 Å². The van der Waals surface area contributed by atoms with E-state index >= 15 is 0 Å². The van der Waals surface area contributed by atoms with Gasteiger partial charge in [-0.3, -0.25) is 0 Å². The number of allylic oxidation sites excluding steroid dienone is 1. The lowest BCUT2D eigenvalue weighted by molar-refractivity contribution is 0.545. The van der Waals surface area contributed by atoms with Gasteiger partial charge in [0.05, 0.1) is 24.3 Å². The lowest BCUT2D eigenvalue weighted by atomic mass is 10.1. The number of hydrogen-bond donors (Lipinski definition) is 0. The van der Waals surface area contributed by atoms with Crippen LogP contribution in [0.3, 0.4) is 0 Å². The Morgan fingerprint density at radius 3 is 1.95 bits per heavy atom. The maximum atomic E-state index is 11.5. The van der Waals surface area contributed by atoms with Gasteiger partial charge in [0.25, 0.3) is 0 Å². The van der Waals surface area contributed by atoms with Gasteiger partial charge in [-0.05, 0) is 5.56 Å². The lowest BCUT2D eigenvalue weighted by Gasteiger charge is -2.15. The Hall–Kier alpha value is -1.85. The van der Waals surface area contributed by atoms with Crippen molar-refractivity contribution in [1.82, 2.24) is 3.71 Å². The third kappa shape index (κ3) is 4.08. The normalized spacial score (nSPS) is 12.8. The quantitative estimate of drug-likeness (QED) is 0.765. The number of sulfonamides is 2. The van der Waals surface area contributed by atoms with Gasteiger partial charge in [-0.2, -0.15) is 8.97 Å². The van der Waals surface area contributed by atoms with E-state index in [0.29, 0.717) is 5.56 Å². The Bertz CT molecular complexity index is 697. The molecule has 8 heteroatoms. The Kier molecular flexibility index (Phi) is 4.34. The first-order chi connectivity index (χ1) is 8.66. The van der Waals surface area contributed by atoms with Crippen LogP contribution in [0.5, 0.6) is 0 Å². The van der Waals surface area contributed by atoms with Crippen molar-refractivity contribution in [3.05, 3.63) is 42.1 Å². The maximum absolute atomic E-state index is 11.5. The van der Waals surface area contributed by atoms with Crippen LogP contribution in [0.15, 0.2) is 36.5 Å². The highest BCUT2D eigenvalue weighted by atomic mass is 32.3. The van der Waals surface area contributed by atoms with Gasteiger partial charge in [0, 0.05) is 0 Å². The fourth-order valence-corrected chi connectivity index (χ4v) is 3.89. The molecule has 0 saturated heterocycles. The summed E-state index contributed by atoms with van der Waals surface area (Å²) in [5, 5.41) is 9.03. The topological polar surface area (TPSA) is 95.3 Å². The summed E-state index contributed by atoms with van der Waals surface area (Å²) in [5.74, 6) is 0.